The van der Waals surface area contributed by atoms with Gasteiger partial charge in [0, 0.05) is 35.3 Å². The van der Waals surface area contributed by atoms with Gasteiger partial charge in [0.15, 0.2) is 5.65 Å². The van der Waals surface area contributed by atoms with E-state index in [2.05, 4.69) is 32.2 Å². The number of likely N-dealkylation sites (tertiary alicyclic amines) is 1. The maximum absolute atomic E-state index is 5.51. The van der Waals surface area contributed by atoms with Crippen molar-refractivity contribution in [1.29, 1.82) is 0 Å². The highest BCUT2D eigenvalue weighted by molar-refractivity contribution is 5.77. The van der Waals surface area contributed by atoms with Crippen LogP contribution in [0.2, 0.25) is 0 Å². The lowest BCUT2D eigenvalue weighted by Crippen LogP contribution is -2.32. The summed E-state index contributed by atoms with van der Waals surface area (Å²) in [6.45, 7) is 2.97. The highest BCUT2D eigenvalue weighted by atomic mass is 16.5. The summed E-state index contributed by atoms with van der Waals surface area (Å²) in [6, 6.07) is 10.1. The number of pyridine rings is 1. The van der Waals surface area contributed by atoms with E-state index in [0.29, 0.717) is 5.92 Å². The number of ether oxygens (including phenoxy) is 2. The van der Waals surface area contributed by atoms with E-state index < -0.39 is 0 Å². The van der Waals surface area contributed by atoms with E-state index >= 15 is 0 Å². The molecule has 1 aliphatic rings. The summed E-state index contributed by atoms with van der Waals surface area (Å²) in [5, 5.41) is 8.71. The summed E-state index contributed by atoms with van der Waals surface area (Å²) >= 11 is 0. The molecule has 1 aromatic carbocycles. The van der Waals surface area contributed by atoms with Gasteiger partial charge in [-0.15, -0.1) is 0 Å². The van der Waals surface area contributed by atoms with Gasteiger partial charge in [0.1, 0.15) is 11.5 Å². The van der Waals surface area contributed by atoms with Gasteiger partial charge < -0.3 is 9.47 Å². The molecular formula is C20H24N4O2. The Kier molecular flexibility index (Phi) is 4.75. The van der Waals surface area contributed by atoms with Gasteiger partial charge in [0.2, 0.25) is 0 Å². The Morgan fingerprint density at radius 2 is 2.00 bits per heavy atom. The van der Waals surface area contributed by atoms with Crippen LogP contribution < -0.4 is 9.47 Å². The second-order valence-corrected chi connectivity index (χ2v) is 6.74. The van der Waals surface area contributed by atoms with Crippen molar-refractivity contribution in [2.24, 2.45) is 0 Å². The Morgan fingerprint density at radius 3 is 2.77 bits per heavy atom. The zero-order chi connectivity index (χ0) is 17.9. The number of rotatable bonds is 5. The molecule has 3 heterocycles. The minimum atomic E-state index is 0.507. The molecule has 2 aromatic heterocycles. The predicted octanol–water partition coefficient (Wildman–Crippen LogP) is 3.35. The molecule has 136 valence electrons. The number of hydrogen-bond acceptors (Lipinski definition) is 5. The Balaban J connectivity index is 1.44. The number of fused-ring (bicyclic) bond motifs is 1. The molecule has 0 spiro atoms. The van der Waals surface area contributed by atoms with E-state index in [1.807, 2.05) is 18.2 Å². The lowest BCUT2D eigenvalue weighted by Gasteiger charge is -2.32. The average molecular weight is 352 g/mol. The monoisotopic (exact) mass is 352 g/mol. The van der Waals surface area contributed by atoms with Crippen LogP contribution >= 0.6 is 0 Å². The molecule has 4 rings (SSSR count). The number of nitrogens with one attached hydrogen (secondary N) is 1. The number of aromatic nitrogens is 3. The fourth-order valence-electron chi connectivity index (χ4n) is 3.81. The summed E-state index contributed by atoms with van der Waals surface area (Å²) in [5.74, 6) is 2.29. The van der Waals surface area contributed by atoms with Crippen LogP contribution in [0.5, 0.6) is 11.5 Å². The second-order valence-electron chi connectivity index (χ2n) is 6.74. The van der Waals surface area contributed by atoms with Crippen LogP contribution in [-0.4, -0.2) is 47.4 Å². The fraction of sp³-hybridized carbons (Fsp3) is 0.400. The molecule has 6 nitrogen and oxygen atoms in total. The van der Waals surface area contributed by atoms with Crippen molar-refractivity contribution in [3.05, 3.63) is 47.8 Å². The highest BCUT2D eigenvalue weighted by Crippen LogP contribution is 2.32. The van der Waals surface area contributed by atoms with Crippen molar-refractivity contribution in [3.8, 4) is 11.5 Å². The molecule has 0 radical (unpaired) electrons. The van der Waals surface area contributed by atoms with Crippen LogP contribution in [0.1, 0.15) is 30.0 Å². The normalized spacial score (nSPS) is 16.1. The van der Waals surface area contributed by atoms with Crippen LogP contribution in [0.3, 0.4) is 0 Å². The minimum Gasteiger partial charge on any atom is -0.497 e. The first-order valence-corrected chi connectivity index (χ1v) is 9.00. The topological polar surface area (TPSA) is 63.3 Å². The van der Waals surface area contributed by atoms with Gasteiger partial charge in [-0.2, -0.15) is 5.10 Å². The third kappa shape index (κ3) is 3.24. The van der Waals surface area contributed by atoms with Gasteiger partial charge in [-0.1, -0.05) is 0 Å². The summed E-state index contributed by atoms with van der Waals surface area (Å²) in [6.07, 6.45) is 4.01. The van der Waals surface area contributed by atoms with Crippen molar-refractivity contribution in [2.45, 2.75) is 25.3 Å². The lowest BCUT2D eigenvalue weighted by molar-refractivity contribution is 0.201. The number of benzene rings is 1. The number of aromatic amines is 1. The summed E-state index contributed by atoms with van der Waals surface area (Å²) in [4.78, 5) is 6.80. The number of hydrogen-bond donors (Lipinski definition) is 1. The van der Waals surface area contributed by atoms with Gasteiger partial charge >= 0.3 is 0 Å². The summed E-state index contributed by atoms with van der Waals surface area (Å²) < 4.78 is 10.9. The van der Waals surface area contributed by atoms with E-state index in [1.165, 1.54) is 11.3 Å². The molecule has 3 aromatic rings. The second kappa shape index (κ2) is 7.33. The lowest BCUT2D eigenvalue weighted by atomic mass is 9.92. The minimum absolute atomic E-state index is 0.507. The molecule has 0 aliphatic carbocycles. The van der Waals surface area contributed by atoms with E-state index in [1.54, 1.807) is 20.4 Å². The van der Waals surface area contributed by atoms with Gasteiger partial charge in [0.05, 0.1) is 14.2 Å². The molecule has 1 N–H and O–H groups in total. The first kappa shape index (κ1) is 16.8. The Morgan fingerprint density at radius 1 is 1.15 bits per heavy atom. The molecule has 0 unspecified atom stereocenters. The first-order chi connectivity index (χ1) is 12.8. The molecule has 0 amide bonds. The van der Waals surface area contributed by atoms with Crippen molar-refractivity contribution in [3.63, 3.8) is 0 Å². The molecule has 0 atom stereocenters. The molecule has 6 heteroatoms. The van der Waals surface area contributed by atoms with Gasteiger partial charge in [0.25, 0.3) is 0 Å². The van der Waals surface area contributed by atoms with Crippen molar-refractivity contribution in [2.75, 3.05) is 27.3 Å². The molecular weight excluding hydrogens is 328 g/mol. The molecule has 26 heavy (non-hydrogen) atoms. The molecule has 0 saturated carbocycles. The van der Waals surface area contributed by atoms with Gasteiger partial charge in [-0.25, -0.2) is 4.98 Å². The third-order valence-corrected chi connectivity index (χ3v) is 5.24. The zero-order valence-corrected chi connectivity index (χ0v) is 15.2. The van der Waals surface area contributed by atoms with Crippen LogP contribution in [0.4, 0.5) is 0 Å². The zero-order valence-electron chi connectivity index (χ0n) is 15.2. The first-order valence-electron chi connectivity index (χ1n) is 9.00. The molecule has 1 aliphatic heterocycles. The molecule has 1 saturated heterocycles. The number of piperidine rings is 1. The Labute approximate surface area is 153 Å². The van der Waals surface area contributed by atoms with E-state index in [-0.39, 0.29) is 0 Å². The van der Waals surface area contributed by atoms with Crippen molar-refractivity contribution >= 4 is 11.0 Å². The van der Waals surface area contributed by atoms with Crippen LogP contribution in [0, 0.1) is 0 Å². The SMILES string of the molecule is COc1ccc(OC)c(CN2CCC(c3[nH]nc4ncccc34)CC2)c1. The molecule has 0 bridgehead atoms. The maximum atomic E-state index is 5.51. The largest absolute Gasteiger partial charge is 0.497 e. The summed E-state index contributed by atoms with van der Waals surface area (Å²) in [7, 11) is 3.41. The summed E-state index contributed by atoms with van der Waals surface area (Å²) in [5.41, 5.74) is 3.21. The van der Waals surface area contributed by atoms with Crippen molar-refractivity contribution in [1.82, 2.24) is 20.1 Å². The third-order valence-electron chi connectivity index (χ3n) is 5.24. The molecule has 1 fully saturated rings. The average Bonchev–Trinajstić information content (AvgIpc) is 3.12. The van der Waals surface area contributed by atoms with Gasteiger partial charge in [-0.05, 0) is 56.3 Å². The standard InChI is InChI=1S/C20H24N4O2/c1-25-16-5-6-18(26-2)15(12-16)13-24-10-7-14(8-11-24)19-17-4-3-9-21-20(17)23-22-19/h3-6,9,12,14H,7-8,10-11,13H2,1-2H3,(H,21,22,23). The van der Waals surface area contributed by atoms with Gasteiger partial charge in [-0.3, -0.25) is 10.00 Å². The van der Waals surface area contributed by atoms with E-state index in [0.717, 1.165) is 55.0 Å². The van der Waals surface area contributed by atoms with Crippen molar-refractivity contribution < 1.29 is 9.47 Å². The number of methoxy groups -OCH3 is 2. The highest BCUT2D eigenvalue weighted by Gasteiger charge is 2.24. The quantitative estimate of drug-likeness (QED) is 0.763. The van der Waals surface area contributed by atoms with E-state index in [9.17, 15) is 0 Å². The Hall–Kier alpha value is -2.60. The number of nitrogens with zero attached hydrogens (tertiary/aromatic N) is 3. The fourth-order valence-corrected chi connectivity index (χ4v) is 3.81. The van der Waals surface area contributed by atoms with Crippen LogP contribution in [0.15, 0.2) is 36.5 Å². The van der Waals surface area contributed by atoms with Crippen LogP contribution in [-0.2, 0) is 6.54 Å². The van der Waals surface area contributed by atoms with Crippen LogP contribution in [0.25, 0.3) is 11.0 Å². The predicted molar refractivity (Wildman–Crippen MR) is 101 cm³/mol. The maximum Gasteiger partial charge on any atom is 0.181 e. The number of H-pyrrole nitrogens is 1. The van der Waals surface area contributed by atoms with E-state index in [4.69, 9.17) is 9.47 Å². The smallest absolute Gasteiger partial charge is 0.181 e. The Bertz CT molecular complexity index is 884.